The minimum Gasteiger partial charge on any atom is -0.477 e. The Hall–Kier alpha value is -2.44. The van der Waals surface area contributed by atoms with Gasteiger partial charge in [0.05, 0.1) is 5.39 Å². The Kier molecular flexibility index (Phi) is 3.74. The Morgan fingerprint density at radius 2 is 2.08 bits per heavy atom. The molecule has 0 bridgehead atoms. The molecule has 0 saturated heterocycles. The molecule has 126 valence electrons. The van der Waals surface area contributed by atoms with Crippen molar-refractivity contribution in [1.82, 2.24) is 9.55 Å². The van der Waals surface area contributed by atoms with E-state index in [0.717, 1.165) is 22.5 Å². The Morgan fingerprint density at radius 3 is 2.76 bits per heavy atom. The summed E-state index contributed by atoms with van der Waals surface area (Å²) >= 11 is 6.97. The van der Waals surface area contributed by atoms with E-state index in [-0.39, 0.29) is 10.4 Å². The van der Waals surface area contributed by atoms with E-state index in [1.807, 2.05) is 30.3 Å². The number of nitrogens with zero attached hydrogens (tertiary/aromatic N) is 2. The Morgan fingerprint density at radius 1 is 1.36 bits per heavy atom. The second-order valence-corrected chi connectivity index (χ2v) is 7.34. The molecule has 0 unspecified atom stereocenters. The molecular formula is C18H13ClN2O3S. The molecule has 1 N–H and O–H groups in total. The summed E-state index contributed by atoms with van der Waals surface area (Å²) in [5.74, 6) is -0.410. The third-order valence-corrected chi connectivity index (χ3v) is 5.77. The number of aromatic nitrogens is 2. The quantitative estimate of drug-likeness (QED) is 0.736. The van der Waals surface area contributed by atoms with Crippen LogP contribution in [0.3, 0.4) is 0 Å². The fourth-order valence-corrected chi connectivity index (χ4v) is 4.25. The van der Waals surface area contributed by atoms with Crippen LogP contribution in [0.25, 0.3) is 21.9 Å². The van der Waals surface area contributed by atoms with E-state index in [2.05, 4.69) is 4.98 Å². The van der Waals surface area contributed by atoms with Crippen LogP contribution in [0, 0.1) is 6.92 Å². The normalized spacial score (nSPS) is 15.0. The SMILES string of the molecule is Cc1c(C(=O)O)sc2nc3n(c(=O)c12)CC/C3=C/c1ccc(Cl)cc1. The number of carbonyl (C=O) groups is 1. The molecule has 0 spiro atoms. The number of aromatic carboxylic acids is 1. The summed E-state index contributed by atoms with van der Waals surface area (Å²) in [7, 11) is 0. The van der Waals surface area contributed by atoms with Gasteiger partial charge < -0.3 is 5.11 Å². The fourth-order valence-electron chi connectivity index (χ4n) is 3.11. The molecule has 1 aliphatic heterocycles. The third kappa shape index (κ3) is 2.58. The van der Waals surface area contributed by atoms with Gasteiger partial charge in [-0.15, -0.1) is 11.3 Å². The van der Waals surface area contributed by atoms with E-state index >= 15 is 0 Å². The van der Waals surface area contributed by atoms with Gasteiger partial charge in [-0.2, -0.15) is 0 Å². The molecular weight excluding hydrogens is 360 g/mol. The van der Waals surface area contributed by atoms with Gasteiger partial charge in [-0.25, -0.2) is 9.78 Å². The highest BCUT2D eigenvalue weighted by Crippen LogP contribution is 2.32. The van der Waals surface area contributed by atoms with Gasteiger partial charge in [0, 0.05) is 11.6 Å². The molecule has 5 nitrogen and oxygen atoms in total. The number of aryl methyl sites for hydroxylation is 1. The van der Waals surface area contributed by atoms with Crippen LogP contribution in [0.4, 0.5) is 0 Å². The lowest BCUT2D eigenvalue weighted by Crippen LogP contribution is -2.20. The van der Waals surface area contributed by atoms with Crippen molar-refractivity contribution in [2.75, 3.05) is 0 Å². The minimum atomic E-state index is -1.03. The molecule has 7 heteroatoms. The number of thiophene rings is 1. The summed E-state index contributed by atoms with van der Waals surface area (Å²) in [5, 5.41) is 10.4. The van der Waals surface area contributed by atoms with Crippen LogP contribution >= 0.6 is 22.9 Å². The average Bonchev–Trinajstić information content (AvgIpc) is 3.12. The Balaban J connectivity index is 1.90. The van der Waals surface area contributed by atoms with Crippen LogP contribution in [-0.4, -0.2) is 20.6 Å². The minimum absolute atomic E-state index is 0.166. The molecule has 4 rings (SSSR count). The molecule has 0 radical (unpaired) electrons. The first-order valence-electron chi connectivity index (χ1n) is 7.69. The lowest BCUT2D eigenvalue weighted by atomic mass is 10.1. The molecule has 0 amide bonds. The first kappa shape index (κ1) is 16.1. The van der Waals surface area contributed by atoms with Crippen molar-refractivity contribution in [3.63, 3.8) is 0 Å². The summed E-state index contributed by atoms with van der Waals surface area (Å²) in [4.78, 5) is 29.4. The van der Waals surface area contributed by atoms with Crippen molar-refractivity contribution < 1.29 is 9.90 Å². The first-order chi connectivity index (χ1) is 12.0. The maximum absolute atomic E-state index is 12.8. The second kappa shape index (κ2) is 5.82. The zero-order valence-electron chi connectivity index (χ0n) is 13.2. The first-order valence-corrected chi connectivity index (χ1v) is 8.89. The average molecular weight is 373 g/mol. The van der Waals surface area contributed by atoms with Gasteiger partial charge in [-0.3, -0.25) is 9.36 Å². The standard InChI is InChI=1S/C18H13ClN2O3S/c1-9-13-16(25-14(9)18(23)24)20-15-11(6-7-21(15)17(13)22)8-10-2-4-12(19)5-3-10/h2-5,8H,6-7H2,1H3,(H,23,24)/b11-8-. The van der Waals surface area contributed by atoms with E-state index in [9.17, 15) is 14.7 Å². The van der Waals surface area contributed by atoms with Gasteiger partial charge in [0.25, 0.3) is 5.56 Å². The van der Waals surface area contributed by atoms with Gasteiger partial charge in [0.1, 0.15) is 15.5 Å². The number of allylic oxidation sites excluding steroid dienone is 1. The third-order valence-electron chi connectivity index (χ3n) is 4.35. The number of rotatable bonds is 2. The number of hydrogen-bond donors (Lipinski definition) is 1. The zero-order valence-corrected chi connectivity index (χ0v) is 14.8. The summed E-state index contributed by atoms with van der Waals surface area (Å²) < 4.78 is 1.63. The van der Waals surface area contributed by atoms with E-state index in [1.165, 1.54) is 0 Å². The van der Waals surface area contributed by atoms with E-state index < -0.39 is 5.97 Å². The zero-order chi connectivity index (χ0) is 17.7. The van der Waals surface area contributed by atoms with Gasteiger partial charge in [0.2, 0.25) is 0 Å². The predicted octanol–water partition coefficient (Wildman–Crippen LogP) is 4.06. The van der Waals surface area contributed by atoms with E-state index in [1.54, 1.807) is 11.5 Å². The molecule has 0 fully saturated rings. The summed E-state index contributed by atoms with van der Waals surface area (Å²) in [5.41, 5.74) is 2.27. The lowest BCUT2D eigenvalue weighted by molar-refractivity contribution is 0.0701. The smallest absolute Gasteiger partial charge is 0.346 e. The van der Waals surface area contributed by atoms with Crippen LogP contribution in [0.5, 0.6) is 0 Å². The van der Waals surface area contributed by atoms with E-state index in [0.29, 0.717) is 39.6 Å². The highest BCUT2D eigenvalue weighted by molar-refractivity contribution is 7.20. The number of carboxylic acids is 1. The van der Waals surface area contributed by atoms with Crippen molar-refractivity contribution in [2.45, 2.75) is 19.9 Å². The molecule has 1 aromatic carbocycles. The topological polar surface area (TPSA) is 72.2 Å². The van der Waals surface area contributed by atoms with Crippen LogP contribution in [-0.2, 0) is 6.54 Å². The Bertz CT molecular complexity index is 1110. The number of halogens is 1. The molecule has 0 aliphatic carbocycles. The summed E-state index contributed by atoms with van der Waals surface area (Å²) in [6.45, 7) is 2.21. The second-order valence-electron chi connectivity index (χ2n) is 5.90. The van der Waals surface area contributed by atoms with Gasteiger partial charge in [-0.05, 0) is 48.3 Å². The van der Waals surface area contributed by atoms with Gasteiger partial charge >= 0.3 is 5.97 Å². The van der Waals surface area contributed by atoms with Crippen LogP contribution in [0.1, 0.15) is 33.0 Å². The number of hydrogen-bond acceptors (Lipinski definition) is 4. The molecule has 3 aromatic rings. The maximum Gasteiger partial charge on any atom is 0.346 e. The molecule has 3 heterocycles. The lowest BCUT2D eigenvalue weighted by Gasteiger charge is -2.03. The fraction of sp³-hybridized carbons (Fsp3) is 0.167. The molecule has 1 aliphatic rings. The molecule has 25 heavy (non-hydrogen) atoms. The highest BCUT2D eigenvalue weighted by atomic mass is 35.5. The van der Waals surface area contributed by atoms with E-state index in [4.69, 9.17) is 11.6 Å². The van der Waals surface area contributed by atoms with Gasteiger partial charge in [0.15, 0.2) is 0 Å². The predicted molar refractivity (Wildman–Crippen MR) is 99.5 cm³/mol. The van der Waals surface area contributed by atoms with Crippen molar-refractivity contribution in [2.24, 2.45) is 0 Å². The molecule has 0 saturated carbocycles. The van der Waals surface area contributed by atoms with Crippen LogP contribution in [0.15, 0.2) is 29.1 Å². The largest absolute Gasteiger partial charge is 0.477 e. The van der Waals surface area contributed by atoms with Crippen LogP contribution < -0.4 is 5.56 Å². The summed E-state index contributed by atoms with van der Waals surface area (Å²) in [6.07, 6.45) is 2.71. The Labute approximate surface area is 151 Å². The van der Waals surface area contributed by atoms with Gasteiger partial charge in [-0.1, -0.05) is 23.7 Å². The number of fused-ring (bicyclic) bond motifs is 2. The van der Waals surface area contributed by atoms with Crippen molar-refractivity contribution in [3.05, 3.63) is 61.5 Å². The summed E-state index contributed by atoms with van der Waals surface area (Å²) in [6, 6.07) is 7.45. The monoisotopic (exact) mass is 372 g/mol. The molecule has 0 atom stereocenters. The van der Waals surface area contributed by atoms with Crippen molar-refractivity contribution in [3.8, 4) is 0 Å². The number of benzene rings is 1. The van der Waals surface area contributed by atoms with Crippen molar-refractivity contribution in [1.29, 1.82) is 0 Å². The van der Waals surface area contributed by atoms with Crippen LogP contribution in [0.2, 0.25) is 5.02 Å². The highest BCUT2D eigenvalue weighted by Gasteiger charge is 2.25. The van der Waals surface area contributed by atoms with Crippen molar-refractivity contribution >= 4 is 50.8 Å². The molecule has 2 aromatic heterocycles. The number of carboxylic acid groups (broad SMARTS) is 1. The maximum atomic E-state index is 12.8.